The molecule has 0 radical (unpaired) electrons. The lowest BCUT2D eigenvalue weighted by Crippen LogP contribution is -2.34. The maximum Gasteiger partial charge on any atom is 0.378 e. The highest BCUT2D eigenvalue weighted by Gasteiger charge is 2.38. The second-order valence-electron chi connectivity index (χ2n) is 4.67. The van der Waals surface area contributed by atoms with Crippen molar-refractivity contribution in [1.29, 1.82) is 0 Å². The van der Waals surface area contributed by atoms with Gasteiger partial charge < -0.3 is 13.9 Å². The van der Waals surface area contributed by atoms with Crippen LogP contribution in [0.25, 0.3) is 0 Å². The van der Waals surface area contributed by atoms with Gasteiger partial charge in [0.15, 0.2) is 0 Å². The summed E-state index contributed by atoms with van der Waals surface area (Å²) in [4.78, 5) is 23.3. The molecular formula is C11H12O5. The fourth-order valence-corrected chi connectivity index (χ4v) is 1.32. The van der Waals surface area contributed by atoms with E-state index in [9.17, 15) is 9.59 Å². The lowest BCUT2D eigenvalue weighted by Gasteiger charge is -2.27. The Morgan fingerprint density at radius 3 is 2.38 bits per heavy atom. The molecule has 0 aromatic carbocycles. The fourth-order valence-electron chi connectivity index (χ4n) is 1.32. The molecule has 1 aliphatic rings. The summed E-state index contributed by atoms with van der Waals surface area (Å²) in [5.41, 5.74) is -0.369. The van der Waals surface area contributed by atoms with Gasteiger partial charge in [0, 0.05) is 5.41 Å². The molecule has 1 unspecified atom stereocenters. The van der Waals surface area contributed by atoms with Gasteiger partial charge in [0.25, 0.3) is 6.29 Å². The van der Waals surface area contributed by atoms with E-state index in [4.69, 9.17) is 13.9 Å². The highest BCUT2D eigenvalue weighted by atomic mass is 16.7. The summed E-state index contributed by atoms with van der Waals surface area (Å²) in [6.07, 6.45) is 0.347. The smallest absolute Gasteiger partial charge is 0.378 e. The summed E-state index contributed by atoms with van der Waals surface area (Å²) < 4.78 is 15.0. The Morgan fingerprint density at radius 2 is 1.75 bits per heavy atom. The second kappa shape index (κ2) is 3.37. The van der Waals surface area contributed by atoms with Crippen LogP contribution in [0.5, 0.6) is 0 Å². The summed E-state index contributed by atoms with van der Waals surface area (Å²) in [7, 11) is 0. The monoisotopic (exact) mass is 224 g/mol. The molecule has 1 atom stereocenters. The van der Waals surface area contributed by atoms with Gasteiger partial charge in [0.1, 0.15) is 5.56 Å². The van der Waals surface area contributed by atoms with Crippen molar-refractivity contribution in [2.75, 3.05) is 0 Å². The van der Waals surface area contributed by atoms with E-state index in [2.05, 4.69) is 0 Å². The van der Waals surface area contributed by atoms with Crippen molar-refractivity contribution in [2.24, 2.45) is 5.41 Å². The molecule has 1 aliphatic heterocycles. The van der Waals surface area contributed by atoms with Crippen molar-refractivity contribution in [1.82, 2.24) is 0 Å². The number of esters is 2. The average Bonchev–Trinajstić information content (AvgIpc) is 2.59. The molecule has 0 bridgehead atoms. The fraction of sp³-hybridized carbons (Fsp3) is 0.455. The number of carbonyl (C=O) groups excluding carboxylic acids is 2. The van der Waals surface area contributed by atoms with E-state index in [1.807, 2.05) is 20.8 Å². The Bertz CT molecular complexity index is 405. The summed E-state index contributed by atoms with van der Waals surface area (Å²) in [5.74, 6) is -1.38. The minimum Gasteiger partial charge on any atom is -0.456 e. The summed E-state index contributed by atoms with van der Waals surface area (Å²) in [6.45, 7) is 5.43. The Labute approximate surface area is 92.3 Å². The van der Waals surface area contributed by atoms with Gasteiger partial charge in [-0.05, 0) is 6.07 Å². The second-order valence-corrected chi connectivity index (χ2v) is 4.67. The van der Waals surface area contributed by atoms with E-state index in [0.29, 0.717) is 0 Å². The van der Waals surface area contributed by atoms with Crippen LogP contribution in [-0.2, 0) is 9.47 Å². The molecule has 0 aliphatic carbocycles. The van der Waals surface area contributed by atoms with Gasteiger partial charge in [-0.3, -0.25) is 0 Å². The summed E-state index contributed by atoms with van der Waals surface area (Å²) >= 11 is 0. The molecule has 1 aromatic heterocycles. The molecule has 2 rings (SSSR count). The average molecular weight is 224 g/mol. The van der Waals surface area contributed by atoms with Gasteiger partial charge in [-0.15, -0.1) is 0 Å². The van der Waals surface area contributed by atoms with Crippen molar-refractivity contribution in [3.63, 3.8) is 0 Å². The number of hydrogen-bond acceptors (Lipinski definition) is 5. The minimum atomic E-state index is -0.907. The molecule has 1 aromatic rings. The summed E-state index contributed by atoms with van der Waals surface area (Å²) in [6, 6.07) is 1.39. The van der Waals surface area contributed by atoms with Crippen molar-refractivity contribution in [2.45, 2.75) is 27.1 Å². The number of hydrogen-bond donors (Lipinski definition) is 0. The molecule has 0 saturated heterocycles. The van der Waals surface area contributed by atoms with Gasteiger partial charge in [-0.25, -0.2) is 9.59 Å². The molecular weight excluding hydrogens is 212 g/mol. The molecule has 0 fully saturated rings. The van der Waals surface area contributed by atoms with Crippen molar-refractivity contribution < 1.29 is 23.5 Å². The molecule has 5 nitrogen and oxygen atoms in total. The van der Waals surface area contributed by atoms with Crippen LogP contribution in [0.4, 0.5) is 0 Å². The van der Waals surface area contributed by atoms with Gasteiger partial charge in [0.05, 0.1) is 6.26 Å². The third kappa shape index (κ3) is 1.68. The molecule has 2 heterocycles. The third-order valence-corrected chi connectivity index (χ3v) is 2.21. The zero-order valence-corrected chi connectivity index (χ0v) is 9.27. The standard InChI is InChI=1S/C11H12O5/c1-11(2,3)10-15-8(12)6-4-5-14-7(6)9(13)16-10/h4-5,10H,1-3H3. The molecule has 0 N–H and O–H groups in total. The molecule has 0 spiro atoms. The van der Waals surface area contributed by atoms with Gasteiger partial charge in [-0.1, -0.05) is 20.8 Å². The number of cyclic esters (lactones) is 2. The predicted molar refractivity (Wildman–Crippen MR) is 52.8 cm³/mol. The van der Waals surface area contributed by atoms with Crippen LogP contribution >= 0.6 is 0 Å². The van der Waals surface area contributed by atoms with Crippen LogP contribution in [0.15, 0.2) is 16.7 Å². The molecule has 5 heteroatoms. The van der Waals surface area contributed by atoms with Gasteiger partial charge in [0.2, 0.25) is 5.76 Å². The van der Waals surface area contributed by atoms with E-state index >= 15 is 0 Å². The Hall–Kier alpha value is -1.78. The summed E-state index contributed by atoms with van der Waals surface area (Å²) in [5, 5.41) is 0. The van der Waals surface area contributed by atoms with Crippen LogP contribution in [0.1, 0.15) is 41.7 Å². The largest absolute Gasteiger partial charge is 0.456 e. The number of ether oxygens (including phenoxy) is 2. The van der Waals surface area contributed by atoms with Crippen molar-refractivity contribution >= 4 is 11.9 Å². The van der Waals surface area contributed by atoms with E-state index < -0.39 is 23.6 Å². The van der Waals surface area contributed by atoms with E-state index in [0.717, 1.165) is 0 Å². The number of rotatable bonds is 0. The SMILES string of the molecule is CC(C)(C)C1OC(=O)c2ccoc2C(=O)O1. The lowest BCUT2D eigenvalue weighted by molar-refractivity contribution is -0.129. The maximum absolute atomic E-state index is 11.7. The zero-order valence-electron chi connectivity index (χ0n) is 9.27. The Morgan fingerprint density at radius 1 is 1.12 bits per heavy atom. The van der Waals surface area contributed by atoms with Crippen molar-refractivity contribution in [3.8, 4) is 0 Å². The highest BCUT2D eigenvalue weighted by Crippen LogP contribution is 2.29. The number of carbonyl (C=O) groups is 2. The number of furan rings is 1. The Kier molecular flexibility index (Phi) is 2.26. The lowest BCUT2D eigenvalue weighted by atomic mass is 9.96. The molecule has 16 heavy (non-hydrogen) atoms. The molecule has 0 saturated carbocycles. The highest BCUT2D eigenvalue weighted by molar-refractivity contribution is 6.02. The van der Waals surface area contributed by atoms with E-state index in [-0.39, 0.29) is 11.3 Å². The number of fused-ring (bicyclic) bond motifs is 1. The van der Waals surface area contributed by atoms with Crippen LogP contribution in [0, 0.1) is 5.41 Å². The van der Waals surface area contributed by atoms with E-state index in [1.165, 1.54) is 12.3 Å². The quantitative estimate of drug-likeness (QED) is 0.630. The first-order chi connectivity index (χ1) is 7.39. The minimum absolute atomic E-state index is 0.100. The van der Waals surface area contributed by atoms with E-state index in [1.54, 1.807) is 0 Å². The topological polar surface area (TPSA) is 65.7 Å². The first-order valence-electron chi connectivity index (χ1n) is 4.89. The predicted octanol–water partition coefficient (Wildman–Crippen LogP) is 1.98. The zero-order chi connectivity index (χ0) is 11.9. The van der Waals surface area contributed by atoms with Crippen LogP contribution in [0.3, 0.4) is 0 Å². The normalized spacial score (nSPS) is 20.8. The van der Waals surface area contributed by atoms with Gasteiger partial charge in [-0.2, -0.15) is 0 Å². The molecule has 0 amide bonds. The maximum atomic E-state index is 11.7. The van der Waals surface area contributed by atoms with Gasteiger partial charge >= 0.3 is 11.9 Å². The Balaban J connectivity index is 2.37. The van der Waals surface area contributed by atoms with Crippen LogP contribution in [-0.4, -0.2) is 18.2 Å². The van der Waals surface area contributed by atoms with Crippen LogP contribution in [0.2, 0.25) is 0 Å². The first-order valence-corrected chi connectivity index (χ1v) is 4.89. The molecule has 86 valence electrons. The van der Waals surface area contributed by atoms with Crippen molar-refractivity contribution in [3.05, 3.63) is 23.7 Å². The van der Waals surface area contributed by atoms with Crippen LogP contribution < -0.4 is 0 Å². The third-order valence-electron chi connectivity index (χ3n) is 2.21. The first kappa shape index (κ1) is 10.7.